The summed E-state index contributed by atoms with van der Waals surface area (Å²) in [6.07, 6.45) is 1.13. The molecule has 6 heteroatoms. The molecule has 0 saturated carbocycles. The molecule has 92 valence electrons. The Morgan fingerprint density at radius 1 is 1.62 bits per heavy atom. The first-order chi connectivity index (χ1) is 7.60. The molecule has 0 saturated heterocycles. The Balaban J connectivity index is 2.60. The molecule has 0 spiro atoms. The summed E-state index contributed by atoms with van der Waals surface area (Å²) in [7, 11) is 2.09. The maximum Gasteiger partial charge on any atom is 0.195 e. The van der Waals surface area contributed by atoms with Crippen LogP contribution in [0.25, 0.3) is 0 Å². The Morgan fingerprint density at radius 2 is 2.31 bits per heavy atom. The van der Waals surface area contributed by atoms with Crippen LogP contribution < -0.4 is 0 Å². The summed E-state index contributed by atoms with van der Waals surface area (Å²) < 4.78 is 2.41. The van der Waals surface area contributed by atoms with Crippen molar-refractivity contribution in [1.82, 2.24) is 19.7 Å². The van der Waals surface area contributed by atoms with Crippen molar-refractivity contribution >= 4 is 12.2 Å². The van der Waals surface area contributed by atoms with Crippen LogP contribution in [0, 0.1) is 4.77 Å². The van der Waals surface area contributed by atoms with Crippen molar-refractivity contribution in [2.75, 3.05) is 13.6 Å². The van der Waals surface area contributed by atoms with Crippen LogP contribution in [-0.4, -0.2) is 44.4 Å². The zero-order chi connectivity index (χ0) is 12.1. The van der Waals surface area contributed by atoms with E-state index in [-0.39, 0.29) is 6.61 Å². The largest absolute Gasteiger partial charge is 0.388 e. The van der Waals surface area contributed by atoms with Gasteiger partial charge >= 0.3 is 0 Å². The van der Waals surface area contributed by atoms with Gasteiger partial charge in [0.25, 0.3) is 0 Å². The summed E-state index contributed by atoms with van der Waals surface area (Å²) in [4.78, 5) is 2.27. The molecular weight excluding hydrogens is 224 g/mol. The van der Waals surface area contributed by atoms with Crippen molar-refractivity contribution in [3.05, 3.63) is 10.6 Å². The van der Waals surface area contributed by atoms with E-state index in [2.05, 4.69) is 36.0 Å². The van der Waals surface area contributed by atoms with Gasteiger partial charge in [-0.05, 0) is 32.6 Å². The number of hydrogen-bond acceptors (Lipinski definition) is 4. The van der Waals surface area contributed by atoms with Crippen molar-refractivity contribution < 1.29 is 5.11 Å². The maximum atomic E-state index is 9.09. The molecule has 1 rings (SSSR count). The van der Waals surface area contributed by atoms with Crippen molar-refractivity contribution in [3.8, 4) is 0 Å². The average Bonchev–Trinajstić information content (AvgIpc) is 2.65. The van der Waals surface area contributed by atoms with E-state index in [0.29, 0.717) is 16.6 Å². The molecule has 1 heterocycles. The molecule has 0 bridgehead atoms. The summed E-state index contributed by atoms with van der Waals surface area (Å²) in [6, 6.07) is 0.554. The highest BCUT2D eigenvalue weighted by atomic mass is 32.1. The average molecular weight is 244 g/mol. The van der Waals surface area contributed by atoms with Crippen molar-refractivity contribution in [2.45, 2.75) is 39.5 Å². The molecule has 0 aliphatic heterocycles. The van der Waals surface area contributed by atoms with Crippen molar-refractivity contribution in [1.29, 1.82) is 0 Å². The molecule has 0 aliphatic carbocycles. The van der Waals surface area contributed by atoms with Gasteiger partial charge in [0.2, 0.25) is 0 Å². The minimum Gasteiger partial charge on any atom is -0.388 e. The Bertz CT molecular complexity index is 373. The Hall–Kier alpha value is -0.720. The molecule has 1 atom stereocenters. The molecule has 16 heavy (non-hydrogen) atoms. The summed E-state index contributed by atoms with van der Waals surface area (Å²) in [5, 5.41) is 15.7. The lowest BCUT2D eigenvalue weighted by molar-refractivity contribution is 0.232. The second-order valence-electron chi connectivity index (χ2n) is 3.99. The summed E-state index contributed by atoms with van der Waals surface area (Å²) in [6.45, 7) is 5.94. The van der Waals surface area contributed by atoms with Gasteiger partial charge < -0.3 is 14.6 Å². The van der Waals surface area contributed by atoms with Gasteiger partial charge in [-0.2, -0.15) is 5.10 Å². The Labute approximate surface area is 101 Å². The molecule has 5 nitrogen and oxygen atoms in total. The third-order valence-corrected chi connectivity index (χ3v) is 3.31. The number of aromatic amines is 1. The molecule has 0 aliphatic rings. The molecule has 1 unspecified atom stereocenters. The second-order valence-corrected chi connectivity index (χ2v) is 4.38. The van der Waals surface area contributed by atoms with Gasteiger partial charge in [-0.1, -0.05) is 6.92 Å². The number of nitrogens with zero attached hydrogens (tertiary/aromatic N) is 3. The third kappa shape index (κ3) is 3.13. The smallest absolute Gasteiger partial charge is 0.195 e. The van der Waals surface area contributed by atoms with Crippen molar-refractivity contribution in [2.24, 2.45) is 0 Å². The van der Waals surface area contributed by atoms with Crippen LogP contribution in [0.3, 0.4) is 0 Å². The fraction of sp³-hybridized carbons (Fsp3) is 0.800. The summed E-state index contributed by atoms with van der Waals surface area (Å²) in [5.74, 6) is 0.600. The van der Waals surface area contributed by atoms with Gasteiger partial charge in [0, 0.05) is 19.1 Å². The van der Waals surface area contributed by atoms with E-state index >= 15 is 0 Å². The van der Waals surface area contributed by atoms with Crippen molar-refractivity contribution in [3.63, 3.8) is 0 Å². The summed E-state index contributed by atoms with van der Waals surface area (Å²) in [5.41, 5.74) is 0. The standard InChI is InChI=1S/C10H20N4OS/c1-4-8(2)13(3)5-6-14-9(7-15)11-12-10(14)16/h8,15H,4-7H2,1-3H3,(H,12,16). The Kier molecular flexibility index (Phi) is 5.11. The highest BCUT2D eigenvalue weighted by molar-refractivity contribution is 7.71. The van der Waals surface area contributed by atoms with Crippen LogP contribution in [0.4, 0.5) is 0 Å². The van der Waals surface area contributed by atoms with E-state index in [0.717, 1.165) is 19.5 Å². The highest BCUT2D eigenvalue weighted by Crippen LogP contribution is 2.02. The lowest BCUT2D eigenvalue weighted by atomic mass is 10.2. The van der Waals surface area contributed by atoms with Gasteiger partial charge in [-0.25, -0.2) is 0 Å². The second kappa shape index (κ2) is 6.12. The van der Waals surface area contributed by atoms with Crippen LogP contribution in [0.2, 0.25) is 0 Å². The predicted molar refractivity (Wildman–Crippen MR) is 65.7 cm³/mol. The number of likely N-dealkylation sites (N-methyl/N-ethyl adjacent to an activating group) is 1. The SMILES string of the molecule is CCC(C)N(C)CCn1c(CO)n[nH]c1=S. The van der Waals surface area contributed by atoms with Gasteiger partial charge in [-0.15, -0.1) is 0 Å². The third-order valence-electron chi connectivity index (χ3n) is 3.00. The lowest BCUT2D eigenvalue weighted by Crippen LogP contribution is -2.31. The number of rotatable bonds is 6. The number of aromatic nitrogens is 3. The molecule has 2 N–H and O–H groups in total. The van der Waals surface area contributed by atoms with E-state index in [1.54, 1.807) is 0 Å². The normalized spacial score (nSPS) is 13.3. The van der Waals surface area contributed by atoms with Gasteiger partial charge in [0.15, 0.2) is 10.6 Å². The zero-order valence-corrected chi connectivity index (χ0v) is 10.9. The molecule has 1 aromatic heterocycles. The predicted octanol–water partition coefficient (Wildman–Crippen LogP) is 1.16. The van der Waals surface area contributed by atoms with Crippen LogP contribution in [-0.2, 0) is 13.2 Å². The first-order valence-electron chi connectivity index (χ1n) is 5.55. The monoisotopic (exact) mass is 244 g/mol. The molecular formula is C10H20N4OS. The van der Waals surface area contributed by atoms with E-state index in [9.17, 15) is 0 Å². The van der Waals surface area contributed by atoms with E-state index < -0.39 is 0 Å². The molecule has 0 radical (unpaired) electrons. The first kappa shape index (κ1) is 13.3. The maximum absolute atomic E-state index is 9.09. The number of hydrogen-bond donors (Lipinski definition) is 2. The number of aliphatic hydroxyl groups is 1. The van der Waals surface area contributed by atoms with Gasteiger partial charge in [-0.3, -0.25) is 5.10 Å². The highest BCUT2D eigenvalue weighted by Gasteiger charge is 2.09. The molecule has 0 aromatic carbocycles. The fourth-order valence-electron chi connectivity index (χ4n) is 1.49. The number of nitrogens with one attached hydrogen (secondary N) is 1. The lowest BCUT2D eigenvalue weighted by Gasteiger charge is -2.23. The summed E-state index contributed by atoms with van der Waals surface area (Å²) >= 11 is 5.10. The number of H-pyrrole nitrogens is 1. The van der Waals surface area contributed by atoms with E-state index in [1.807, 2.05) is 4.57 Å². The van der Waals surface area contributed by atoms with Gasteiger partial charge in [0.1, 0.15) is 6.61 Å². The van der Waals surface area contributed by atoms with E-state index in [1.165, 1.54) is 0 Å². The van der Waals surface area contributed by atoms with Crippen LogP contribution in [0.15, 0.2) is 0 Å². The van der Waals surface area contributed by atoms with Gasteiger partial charge in [0.05, 0.1) is 0 Å². The zero-order valence-electron chi connectivity index (χ0n) is 10.1. The Morgan fingerprint density at radius 3 is 2.88 bits per heavy atom. The van der Waals surface area contributed by atoms with Crippen LogP contribution in [0.1, 0.15) is 26.1 Å². The molecule has 1 aromatic rings. The molecule has 0 fully saturated rings. The minimum atomic E-state index is -0.0831. The first-order valence-corrected chi connectivity index (χ1v) is 5.96. The quantitative estimate of drug-likeness (QED) is 0.737. The topological polar surface area (TPSA) is 57.1 Å². The van der Waals surface area contributed by atoms with E-state index in [4.69, 9.17) is 17.3 Å². The number of aliphatic hydroxyl groups excluding tert-OH is 1. The van der Waals surface area contributed by atoms with Crippen LogP contribution >= 0.6 is 12.2 Å². The fourth-order valence-corrected chi connectivity index (χ4v) is 1.73. The minimum absolute atomic E-state index is 0.0831. The van der Waals surface area contributed by atoms with Crippen LogP contribution in [0.5, 0.6) is 0 Å². The molecule has 0 amide bonds.